The SMILES string of the molecule is CC(C)(C)c1cc2c3c(c1)c1cc(C(C)(C)C)cc4c1n3-c1c(ccc3c1B2c1cccc2c(-c5ccccc5)c(-c5ccccc5)n-3c12)[Si]41c2ccccc2-c2ccccc21. The minimum Gasteiger partial charge on any atom is -0.310 e. The van der Waals surface area contributed by atoms with Crippen molar-refractivity contribution in [3.8, 4) is 44.9 Å². The van der Waals surface area contributed by atoms with E-state index in [1.807, 2.05) is 0 Å². The zero-order valence-corrected chi connectivity index (χ0v) is 37.1. The van der Waals surface area contributed by atoms with Crippen molar-refractivity contribution in [1.29, 1.82) is 0 Å². The molecule has 1 spiro atoms. The summed E-state index contributed by atoms with van der Waals surface area (Å²) in [7, 11) is -2.91. The summed E-state index contributed by atoms with van der Waals surface area (Å²) in [5, 5.41) is 10.2. The average Bonchev–Trinajstić information content (AvgIpc) is 3.91. The highest BCUT2D eigenvalue weighted by molar-refractivity contribution is 7.24. The Labute approximate surface area is 364 Å². The molecule has 62 heavy (non-hydrogen) atoms. The van der Waals surface area contributed by atoms with Crippen molar-refractivity contribution in [3.63, 3.8) is 0 Å². The summed E-state index contributed by atoms with van der Waals surface area (Å²) in [6.07, 6.45) is 0. The zero-order valence-electron chi connectivity index (χ0n) is 36.1. The fraction of sp³-hybridized carbons (Fsp3) is 0.138. The highest BCUT2D eigenvalue weighted by Crippen LogP contribution is 2.47. The van der Waals surface area contributed by atoms with Gasteiger partial charge in [0.2, 0.25) is 0 Å². The van der Waals surface area contributed by atoms with E-state index in [1.165, 1.54) is 121 Å². The summed E-state index contributed by atoms with van der Waals surface area (Å²) in [4.78, 5) is 0. The lowest BCUT2D eigenvalue weighted by atomic mass is 9.34. The van der Waals surface area contributed by atoms with Gasteiger partial charge in [0.25, 0.3) is 6.71 Å². The second kappa shape index (κ2) is 11.4. The molecule has 0 fully saturated rings. The van der Waals surface area contributed by atoms with E-state index < -0.39 is 8.07 Å². The van der Waals surface area contributed by atoms with Crippen LogP contribution in [0.4, 0.5) is 0 Å². The van der Waals surface area contributed by atoms with Gasteiger partial charge in [-0.05, 0) is 99.5 Å². The second-order valence-electron chi connectivity index (χ2n) is 20.4. The minimum atomic E-state index is -2.91. The molecule has 2 aromatic heterocycles. The number of nitrogens with zero attached hydrogens (tertiary/aromatic N) is 2. The Morgan fingerprint density at radius 3 is 1.68 bits per heavy atom. The molecule has 6 heterocycles. The zero-order chi connectivity index (χ0) is 41.6. The van der Waals surface area contributed by atoms with Gasteiger partial charge in [-0.3, -0.25) is 0 Å². The van der Waals surface area contributed by atoms with Crippen molar-refractivity contribution < 1.29 is 0 Å². The molecule has 8 aromatic carbocycles. The summed E-state index contributed by atoms with van der Waals surface area (Å²) < 4.78 is 5.46. The highest BCUT2D eigenvalue weighted by atomic mass is 28.3. The molecule has 4 aliphatic rings. The molecule has 0 amide bonds. The number of hydrogen-bond donors (Lipinski definition) is 0. The van der Waals surface area contributed by atoms with E-state index in [2.05, 4.69) is 214 Å². The van der Waals surface area contributed by atoms with Gasteiger partial charge in [-0.15, -0.1) is 0 Å². The topological polar surface area (TPSA) is 9.86 Å². The molecule has 4 aliphatic heterocycles. The molecule has 2 nitrogen and oxygen atoms in total. The van der Waals surface area contributed by atoms with E-state index in [0.29, 0.717) is 0 Å². The fourth-order valence-corrected chi connectivity index (χ4v) is 18.1. The van der Waals surface area contributed by atoms with Crippen molar-refractivity contribution in [2.45, 2.75) is 52.4 Å². The van der Waals surface area contributed by atoms with Crippen LogP contribution in [-0.4, -0.2) is 23.9 Å². The predicted molar refractivity (Wildman–Crippen MR) is 267 cm³/mol. The minimum absolute atomic E-state index is 0.0405. The van der Waals surface area contributed by atoms with Crippen LogP contribution in [0.25, 0.3) is 77.6 Å². The largest absolute Gasteiger partial charge is 0.310 e. The maximum atomic E-state index is 2.79. The van der Waals surface area contributed by atoms with E-state index in [0.717, 1.165) is 0 Å². The molecular formula is C58H45BN2Si. The van der Waals surface area contributed by atoms with Crippen molar-refractivity contribution in [2.75, 3.05) is 0 Å². The molecule has 4 heteroatoms. The van der Waals surface area contributed by atoms with Gasteiger partial charge in [0.05, 0.1) is 11.2 Å². The van der Waals surface area contributed by atoms with E-state index in [4.69, 9.17) is 0 Å². The maximum absolute atomic E-state index is 2.91. The Kier molecular flexibility index (Phi) is 6.46. The smallest absolute Gasteiger partial charge is 0.252 e. The third kappa shape index (κ3) is 4.04. The summed E-state index contributed by atoms with van der Waals surface area (Å²) >= 11 is 0. The molecule has 0 aliphatic carbocycles. The molecule has 294 valence electrons. The molecule has 0 N–H and O–H groups in total. The van der Waals surface area contributed by atoms with Crippen LogP contribution in [0, 0.1) is 0 Å². The summed E-state index contributed by atoms with van der Waals surface area (Å²) in [5.41, 5.74) is 21.7. The summed E-state index contributed by atoms with van der Waals surface area (Å²) in [5.74, 6) is 0. The van der Waals surface area contributed by atoms with Gasteiger partial charge in [-0.25, -0.2) is 0 Å². The lowest BCUT2D eigenvalue weighted by Crippen LogP contribution is -2.77. The number of fused-ring (bicyclic) bond motifs is 11. The normalized spacial score (nSPS) is 14.7. The van der Waals surface area contributed by atoms with Gasteiger partial charge in [0, 0.05) is 44.1 Å². The monoisotopic (exact) mass is 808 g/mol. The summed E-state index contributed by atoms with van der Waals surface area (Å²) in [6, 6.07) is 63.9. The van der Waals surface area contributed by atoms with Crippen molar-refractivity contribution in [2.24, 2.45) is 0 Å². The van der Waals surface area contributed by atoms with Gasteiger partial charge in [0.1, 0.15) is 0 Å². The quantitative estimate of drug-likeness (QED) is 0.154. The highest BCUT2D eigenvalue weighted by Gasteiger charge is 2.56. The predicted octanol–water partition coefficient (Wildman–Crippen LogP) is 9.47. The first kappa shape index (κ1) is 35.0. The lowest BCUT2D eigenvalue weighted by Gasteiger charge is -2.43. The molecule has 0 bridgehead atoms. The number of hydrogen-bond acceptors (Lipinski definition) is 0. The molecule has 0 saturated heterocycles. The Bertz CT molecular complexity index is 3600. The number of para-hydroxylation sites is 1. The van der Waals surface area contributed by atoms with E-state index in [-0.39, 0.29) is 17.5 Å². The molecule has 10 aromatic rings. The third-order valence-electron chi connectivity index (χ3n) is 15.2. The maximum Gasteiger partial charge on any atom is 0.252 e. The van der Waals surface area contributed by atoms with Crippen molar-refractivity contribution in [1.82, 2.24) is 9.13 Å². The number of aromatic nitrogens is 2. The molecule has 0 unspecified atom stereocenters. The van der Waals surface area contributed by atoms with Gasteiger partial charge in [0.15, 0.2) is 8.07 Å². The van der Waals surface area contributed by atoms with Gasteiger partial charge >= 0.3 is 0 Å². The molecule has 0 saturated carbocycles. The molecule has 14 rings (SSSR count). The first-order valence-electron chi connectivity index (χ1n) is 22.4. The van der Waals surface area contributed by atoms with E-state index in [9.17, 15) is 0 Å². The first-order valence-corrected chi connectivity index (χ1v) is 24.4. The van der Waals surface area contributed by atoms with Crippen molar-refractivity contribution in [3.05, 3.63) is 175 Å². The van der Waals surface area contributed by atoms with Crippen LogP contribution in [0.2, 0.25) is 0 Å². The van der Waals surface area contributed by atoms with Crippen molar-refractivity contribution >= 4 is 84.6 Å². The Morgan fingerprint density at radius 2 is 1.02 bits per heavy atom. The van der Waals surface area contributed by atoms with E-state index >= 15 is 0 Å². The molecule has 0 radical (unpaired) electrons. The Balaban J connectivity index is 1.26. The van der Waals surface area contributed by atoms with Gasteiger partial charge in [-0.2, -0.15) is 0 Å². The Hall–Kier alpha value is -6.62. The van der Waals surface area contributed by atoms with Gasteiger partial charge in [-0.1, -0.05) is 187 Å². The van der Waals surface area contributed by atoms with E-state index in [1.54, 1.807) is 5.19 Å². The van der Waals surface area contributed by atoms with Crippen LogP contribution in [0.5, 0.6) is 0 Å². The fourth-order valence-electron chi connectivity index (χ4n) is 12.6. The first-order chi connectivity index (χ1) is 30.1. The standard InChI is InChI=1S/C58H45BN2Si/c1-57(2,3)36-30-41-42-31-37(58(4,5)6)33-49-55(42)61-54(41)44(32-36)59-43-25-17-24-40-50(34-18-9-7-10-19-34)52(35-20-11-8-12-21-35)60(53(40)43)45-28-29-48(56(61)51(45)59)62(49)46-26-15-13-22-38(46)39-23-14-16-27-47(39)62/h7-33H,1-6H3. The van der Waals surface area contributed by atoms with Crippen LogP contribution < -0.4 is 37.1 Å². The number of rotatable bonds is 2. The summed E-state index contributed by atoms with van der Waals surface area (Å²) in [6.45, 7) is 14.4. The van der Waals surface area contributed by atoms with Crippen LogP contribution in [0.1, 0.15) is 52.7 Å². The average molecular weight is 809 g/mol. The third-order valence-corrected chi connectivity index (χ3v) is 20.1. The second-order valence-corrected chi connectivity index (χ2v) is 24.1. The lowest BCUT2D eigenvalue weighted by molar-refractivity contribution is 0.591. The van der Waals surface area contributed by atoms with Crippen LogP contribution in [0.15, 0.2) is 164 Å². The van der Waals surface area contributed by atoms with Crippen LogP contribution >= 0.6 is 0 Å². The van der Waals surface area contributed by atoms with Crippen LogP contribution in [0.3, 0.4) is 0 Å². The molecule has 0 atom stereocenters. The Morgan fingerprint density at radius 1 is 0.435 bits per heavy atom. The van der Waals surface area contributed by atoms with Crippen LogP contribution in [-0.2, 0) is 10.8 Å². The number of benzene rings is 8. The van der Waals surface area contributed by atoms with Gasteiger partial charge < -0.3 is 9.13 Å². The molecular weight excluding hydrogens is 764 g/mol.